The van der Waals surface area contributed by atoms with Crippen LogP contribution in [0.15, 0.2) is 6.08 Å². The van der Waals surface area contributed by atoms with Crippen molar-refractivity contribution >= 4 is 0 Å². The quantitative estimate of drug-likeness (QED) is 0.343. The Morgan fingerprint density at radius 1 is 1.21 bits per heavy atom. The Bertz CT molecular complexity index is 215. The second-order valence-electron chi connectivity index (χ2n) is 4.41. The molecule has 0 aromatic heterocycles. The Morgan fingerprint density at radius 2 is 1.86 bits per heavy atom. The Labute approximate surface area is 97.0 Å². The van der Waals surface area contributed by atoms with Gasteiger partial charge in [-0.15, -0.1) is 0 Å². The van der Waals surface area contributed by atoms with Gasteiger partial charge in [0.25, 0.3) is 0 Å². The van der Waals surface area contributed by atoms with Gasteiger partial charge in [0.2, 0.25) is 0 Å². The molecule has 2 aliphatic heterocycles. The van der Waals surface area contributed by atoms with E-state index in [1.54, 1.807) is 6.08 Å². The third kappa shape index (κ3) is 2.55. The van der Waals surface area contributed by atoms with Crippen LogP contribution in [-0.2, 0) is 14.2 Å². The van der Waals surface area contributed by atoms with Crippen molar-refractivity contribution in [2.24, 2.45) is 5.41 Å². The number of rotatable bonds is 0. The van der Waals surface area contributed by atoms with Gasteiger partial charge in [-0.05, 0) is 0 Å². The van der Waals surface area contributed by atoms with Gasteiger partial charge in [-0.3, -0.25) is 6.26 Å². The van der Waals surface area contributed by atoms with Crippen molar-refractivity contribution in [3.63, 3.8) is 0 Å². The number of hydrogen-bond acceptors (Lipinski definition) is 3. The molecule has 1 saturated heterocycles. The SMILES string of the molecule is CC1(C)COC2(C=[C-]OCC2)OC1.[Li+]. The molecule has 0 aromatic rings. The molecule has 0 aromatic carbocycles. The molecular formula is C10H15LiO3. The van der Waals surface area contributed by atoms with Gasteiger partial charge in [0, 0.05) is 11.8 Å². The van der Waals surface area contributed by atoms with Gasteiger partial charge in [0.05, 0.1) is 19.8 Å². The molecule has 0 unspecified atom stereocenters. The van der Waals surface area contributed by atoms with Crippen molar-refractivity contribution < 1.29 is 33.1 Å². The van der Waals surface area contributed by atoms with Crippen molar-refractivity contribution in [2.45, 2.75) is 26.1 Å². The molecule has 2 heterocycles. The molecule has 0 bridgehead atoms. The smallest absolute Gasteiger partial charge is 0.693 e. The third-order valence-electron chi connectivity index (χ3n) is 2.33. The summed E-state index contributed by atoms with van der Waals surface area (Å²) < 4.78 is 16.4. The molecule has 0 radical (unpaired) electrons. The first kappa shape index (κ1) is 12.1. The van der Waals surface area contributed by atoms with Crippen LogP contribution < -0.4 is 18.9 Å². The molecule has 0 amide bonds. The fourth-order valence-electron chi connectivity index (χ4n) is 1.40. The van der Waals surface area contributed by atoms with Gasteiger partial charge in [-0.2, -0.15) is 6.08 Å². The normalized spacial score (nSPS) is 27.9. The van der Waals surface area contributed by atoms with E-state index in [4.69, 9.17) is 14.2 Å². The minimum absolute atomic E-state index is 0. The second-order valence-corrected chi connectivity index (χ2v) is 4.41. The first-order valence-electron chi connectivity index (χ1n) is 4.62. The maximum Gasteiger partial charge on any atom is 1.00 e. The topological polar surface area (TPSA) is 27.7 Å². The summed E-state index contributed by atoms with van der Waals surface area (Å²) in [6.07, 6.45) is 5.20. The summed E-state index contributed by atoms with van der Waals surface area (Å²) in [5, 5.41) is 0. The van der Waals surface area contributed by atoms with Gasteiger partial charge in [-0.1, -0.05) is 13.8 Å². The van der Waals surface area contributed by atoms with Crippen molar-refractivity contribution in [1.82, 2.24) is 0 Å². The van der Waals surface area contributed by atoms with E-state index >= 15 is 0 Å². The van der Waals surface area contributed by atoms with Crippen LogP contribution in [-0.4, -0.2) is 25.6 Å². The first-order valence-corrected chi connectivity index (χ1v) is 4.62. The van der Waals surface area contributed by atoms with Gasteiger partial charge >= 0.3 is 18.9 Å². The minimum Gasteiger partial charge on any atom is -0.693 e. The van der Waals surface area contributed by atoms with Gasteiger partial charge in [-0.25, -0.2) is 0 Å². The zero-order valence-electron chi connectivity index (χ0n) is 9.13. The predicted molar refractivity (Wildman–Crippen MR) is 46.8 cm³/mol. The fourth-order valence-corrected chi connectivity index (χ4v) is 1.40. The van der Waals surface area contributed by atoms with E-state index in [0.29, 0.717) is 6.61 Å². The van der Waals surface area contributed by atoms with Crippen LogP contribution in [0.25, 0.3) is 0 Å². The molecule has 0 N–H and O–H groups in total. The molecule has 0 saturated carbocycles. The molecule has 0 aliphatic carbocycles. The Balaban J connectivity index is 0.000000980. The molecule has 14 heavy (non-hydrogen) atoms. The maximum absolute atomic E-state index is 5.70. The van der Waals surface area contributed by atoms with E-state index in [0.717, 1.165) is 19.6 Å². The molecule has 4 heteroatoms. The molecule has 3 nitrogen and oxygen atoms in total. The molecule has 2 rings (SSSR count). The van der Waals surface area contributed by atoms with Crippen molar-refractivity contribution in [1.29, 1.82) is 0 Å². The van der Waals surface area contributed by atoms with Crippen LogP contribution in [0.2, 0.25) is 0 Å². The van der Waals surface area contributed by atoms with E-state index in [1.165, 1.54) is 0 Å². The van der Waals surface area contributed by atoms with E-state index < -0.39 is 5.79 Å². The van der Waals surface area contributed by atoms with E-state index in [9.17, 15) is 0 Å². The van der Waals surface area contributed by atoms with Crippen molar-refractivity contribution in [2.75, 3.05) is 19.8 Å². The number of ether oxygens (including phenoxy) is 3. The Hall–Kier alpha value is 0.0574. The zero-order chi connectivity index (χ0) is 9.36. The van der Waals surface area contributed by atoms with E-state index in [2.05, 4.69) is 20.1 Å². The molecule has 1 fully saturated rings. The average molecular weight is 190 g/mol. The van der Waals surface area contributed by atoms with Crippen LogP contribution in [0, 0.1) is 11.7 Å². The van der Waals surface area contributed by atoms with Crippen LogP contribution in [0.3, 0.4) is 0 Å². The molecule has 1 spiro atoms. The monoisotopic (exact) mass is 190 g/mol. The predicted octanol–water partition coefficient (Wildman–Crippen LogP) is -1.50. The summed E-state index contributed by atoms with van der Waals surface area (Å²) in [5.74, 6) is -0.548. The summed E-state index contributed by atoms with van der Waals surface area (Å²) in [5.41, 5.74) is 0.122. The van der Waals surface area contributed by atoms with E-state index in [1.807, 2.05) is 0 Å². The summed E-state index contributed by atoms with van der Waals surface area (Å²) in [4.78, 5) is 0. The maximum atomic E-state index is 5.70. The van der Waals surface area contributed by atoms with Crippen molar-refractivity contribution in [3.05, 3.63) is 12.3 Å². The van der Waals surface area contributed by atoms with Crippen LogP contribution in [0.5, 0.6) is 0 Å². The third-order valence-corrected chi connectivity index (χ3v) is 2.33. The van der Waals surface area contributed by atoms with Crippen LogP contribution >= 0.6 is 0 Å². The number of hydrogen-bond donors (Lipinski definition) is 0. The molecule has 74 valence electrons. The minimum atomic E-state index is -0.548. The summed E-state index contributed by atoms with van der Waals surface area (Å²) in [6, 6.07) is 0. The Morgan fingerprint density at radius 3 is 2.36 bits per heavy atom. The first-order chi connectivity index (χ1) is 6.12. The average Bonchev–Trinajstić information content (AvgIpc) is 2.13. The molecular weight excluding hydrogens is 175 g/mol. The summed E-state index contributed by atoms with van der Waals surface area (Å²) >= 11 is 0. The molecule has 2 aliphatic rings. The van der Waals surface area contributed by atoms with Crippen molar-refractivity contribution in [3.8, 4) is 0 Å². The summed E-state index contributed by atoms with van der Waals surface area (Å²) in [7, 11) is 0. The van der Waals surface area contributed by atoms with Gasteiger partial charge in [0.15, 0.2) is 5.79 Å². The van der Waals surface area contributed by atoms with Gasteiger partial charge in [0.1, 0.15) is 0 Å². The largest absolute Gasteiger partial charge is 1.00 e. The zero-order valence-corrected chi connectivity index (χ0v) is 9.13. The second kappa shape index (κ2) is 4.28. The Kier molecular flexibility index (Phi) is 3.71. The standard InChI is InChI=1S/C10H15O3.Li/c1-9(2)7-12-10(13-8-9)3-5-11-6-4-10;/h3H,4,6-8H2,1-2H3;/q-1;+1. The fraction of sp³-hybridized carbons (Fsp3) is 0.800. The van der Waals surface area contributed by atoms with E-state index in [-0.39, 0.29) is 24.3 Å². The van der Waals surface area contributed by atoms with Crippen LogP contribution in [0.4, 0.5) is 0 Å². The summed E-state index contributed by atoms with van der Waals surface area (Å²) in [6.45, 7) is 6.34. The molecule has 0 atom stereocenters. The van der Waals surface area contributed by atoms with Gasteiger partial charge < -0.3 is 14.2 Å². The van der Waals surface area contributed by atoms with Crippen LogP contribution in [0.1, 0.15) is 20.3 Å².